The summed E-state index contributed by atoms with van der Waals surface area (Å²) in [6.45, 7) is 1.83. The number of nitro groups is 1. The number of aliphatic hydroxyl groups is 1. The van der Waals surface area contributed by atoms with Crippen LogP contribution in [-0.2, 0) is 0 Å². The van der Waals surface area contributed by atoms with Crippen LogP contribution >= 0.6 is 11.6 Å². The highest BCUT2D eigenvalue weighted by Crippen LogP contribution is 2.26. The molecule has 0 fully saturated rings. The third-order valence-corrected chi connectivity index (χ3v) is 3.85. The van der Waals surface area contributed by atoms with Gasteiger partial charge in [-0.05, 0) is 24.6 Å². The molecule has 0 saturated carbocycles. The lowest BCUT2D eigenvalue weighted by Crippen LogP contribution is -2.25. The quantitative estimate of drug-likeness (QED) is 0.621. The fraction of sp³-hybridized carbons (Fsp3) is 0.250. The summed E-state index contributed by atoms with van der Waals surface area (Å²) in [5.41, 5.74) is 0.644. The summed E-state index contributed by atoms with van der Waals surface area (Å²) in [5, 5.41) is 24.2. The minimum absolute atomic E-state index is 0.0910. The summed E-state index contributed by atoms with van der Waals surface area (Å²) in [7, 11) is 0. The Bertz CT molecular complexity index is 691. The summed E-state index contributed by atoms with van der Waals surface area (Å²) in [6, 6.07) is 9.78. The van der Waals surface area contributed by atoms with Crippen LogP contribution in [0.15, 0.2) is 42.5 Å². The largest absolute Gasteiger partial charge is 0.387 e. The summed E-state index contributed by atoms with van der Waals surface area (Å²) >= 11 is 5.99. The average molecular weight is 339 g/mol. The van der Waals surface area contributed by atoms with Gasteiger partial charge in [0.05, 0.1) is 11.0 Å². The molecule has 0 aliphatic rings. The van der Waals surface area contributed by atoms with Crippen LogP contribution in [0.4, 0.5) is 10.1 Å². The molecule has 0 radical (unpaired) electrons. The van der Waals surface area contributed by atoms with Crippen molar-refractivity contribution in [1.82, 2.24) is 5.32 Å². The minimum Gasteiger partial charge on any atom is -0.387 e. The van der Waals surface area contributed by atoms with Gasteiger partial charge in [-0.1, -0.05) is 29.8 Å². The second-order valence-electron chi connectivity index (χ2n) is 5.13. The van der Waals surface area contributed by atoms with Crippen LogP contribution in [0.2, 0.25) is 5.02 Å². The summed E-state index contributed by atoms with van der Waals surface area (Å²) in [6.07, 6.45) is -0.956. The zero-order valence-corrected chi connectivity index (χ0v) is 13.1. The van der Waals surface area contributed by atoms with Gasteiger partial charge in [0, 0.05) is 35.3 Å². The maximum absolute atomic E-state index is 13.8. The third kappa shape index (κ3) is 4.25. The van der Waals surface area contributed by atoms with Gasteiger partial charge in [-0.15, -0.1) is 0 Å². The molecule has 7 heteroatoms. The Balaban J connectivity index is 2.05. The Kier molecular flexibility index (Phi) is 5.65. The molecule has 2 atom stereocenters. The van der Waals surface area contributed by atoms with Gasteiger partial charge in [0.25, 0.3) is 5.69 Å². The van der Waals surface area contributed by atoms with E-state index in [1.165, 1.54) is 30.3 Å². The van der Waals surface area contributed by atoms with Gasteiger partial charge in [0.15, 0.2) is 0 Å². The molecule has 0 saturated heterocycles. The van der Waals surface area contributed by atoms with Crippen molar-refractivity contribution >= 4 is 17.3 Å². The summed E-state index contributed by atoms with van der Waals surface area (Å²) in [5.74, 6) is -0.428. The highest BCUT2D eigenvalue weighted by Gasteiger charge is 2.17. The lowest BCUT2D eigenvalue weighted by Gasteiger charge is -2.19. The van der Waals surface area contributed by atoms with Crippen LogP contribution in [0.25, 0.3) is 0 Å². The van der Waals surface area contributed by atoms with E-state index in [9.17, 15) is 19.6 Å². The molecule has 0 heterocycles. The number of nitro benzene ring substituents is 1. The van der Waals surface area contributed by atoms with Gasteiger partial charge in [0.2, 0.25) is 0 Å². The fourth-order valence-corrected chi connectivity index (χ4v) is 2.60. The number of nitrogens with one attached hydrogen (secondary N) is 1. The zero-order chi connectivity index (χ0) is 17.0. The second kappa shape index (κ2) is 7.50. The molecule has 2 rings (SSSR count). The van der Waals surface area contributed by atoms with Crippen LogP contribution in [0.3, 0.4) is 0 Å². The van der Waals surface area contributed by atoms with Crippen molar-refractivity contribution in [3.8, 4) is 0 Å². The molecule has 2 aromatic carbocycles. The molecule has 0 aliphatic carbocycles. The lowest BCUT2D eigenvalue weighted by molar-refractivity contribution is -0.385. The van der Waals surface area contributed by atoms with Gasteiger partial charge in [0.1, 0.15) is 5.82 Å². The first kappa shape index (κ1) is 17.3. The molecule has 23 heavy (non-hydrogen) atoms. The molecule has 0 bridgehead atoms. The number of nitrogens with zero attached hydrogens (tertiary/aromatic N) is 1. The van der Waals surface area contributed by atoms with Gasteiger partial charge >= 0.3 is 0 Å². The topological polar surface area (TPSA) is 75.4 Å². The zero-order valence-electron chi connectivity index (χ0n) is 12.4. The molecule has 0 aromatic heterocycles. The van der Waals surface area contributed by atoms with Crippen LogP contribution in [-0.4, -0.2) is 16.6 Å². The second-order valence-corrected chi connectivity index (χ2v) is 5.54. The van der Waals surface area contributed by atoms with Gasteiger partial charge in [-0.2, -0.15) is 0 Å². The SMILES string of the molecule is CC(NCC(O)c1cccc([N+](=O)[O-])c1)c1c(F)cccc1Cl. The molecule has 0 spiro atoms. The summed E-state index contributed by atoms with van der Waals surface area (Å²) in [4.78, 5) is 10.2. The van der Waals surface area contributed by atoms with Crippen molar-refractivity contribution in [2.24, 2.45) is 0 Å². The standard InChI is InChI=1S/C16H16ClFN2O3/c1-10(16-13(17)6-3-7-14(16)18)19-9-15(21)11-4-2-5-12(8-11)20(22)23/h2-8,10,15,19,21H,9H2,1H3. The third-order valence-electron chi connectivity index (χ3n) is 3.52. The van der Waals surface area contributed by atoms with Crippen LogP contribution < -0.4 is 5.32 Å². The first-order valence-corrected chi connectivity index (χ1v) is 7.37. The smallest absolute Gasteiger partial charge is 0.269 e. The van der Waals surface area contributed by atoms with Crippen LogP contribution in [0.1, 0.15) is 30.2 Å². The molecule has 2 unspecified atom stereocenters. The Morgan fingerprint density at radius 3 is 2.70 bits per heavy atom. The molecule has 122 valence electrons. The van der Waals surface area contributed by atoms with E-state index in [4.69, 9.17) is 11.6 Å². The molecule has 2 aromatic rings. The Labute approximate surface area is 137 Å². The number of aliphatic hydroxyl groups excluding tert-OH is 1. The number of benzene rings is 2. The number of non-ortho nitro benzene ring substituents is 1. The number of rotatable bonds is 6. The van der Waals surface area contributed by atoms with E-state index in [1.807, 2.05) is 0 Å². The van der Waals surface area contributed by atoms with Crippen LogP contribution in [0, 0.1) is 15.9 Å². The Morgan fingerprint density at radius 1 is 1.35 bits per heavy atom. The van der Waals surface area contributed by atoms with E-state index in [-0.39, 0.29) is 12.2 Å². The Hall–Kier alpha value is -2.02. The Morgan fingerprint density at radius 2 is 2.04 bits per heavy atom. The van der Waals surface area contributed by atoms with Crippen molar-refractivity contribution in [3.05, 3.63) is 74.5 Å². The van der Waals surface area contributed by atoms with Gasteiger partial charge in [-0.25, -0.2) is 4.39 Å². The highest BCUT2D eigenvalue weighted by molar-refractivity contribution is 6.31. The normalized spacial score (nSPS) is 13.6. The molecular formula is C16H16ClFN2O3. The van der Waals surface area contributed by atoms with Crippen LogP contribution in [0.5, 0.6) is 0 Å². The summed E-state index contributed by atoms with van der Waals surface area (Å²) < 4.78 is 13.8. The van der Waals surface area contributed by atoms with E-state index >= 15 is 0 Å². The molecule has 5 nitrogen and oxygen atoms in total. The predicted molar refractivity (Wildman–Crippen MR) is 85.9 cm³/mol. The lowest BCUT2D eigenvalue weighted by atomic mass is 10.1. The van der Waals surface area contributed by atoms with E-state index in [1.54, 1.807) is 19.1 Å². The van der Waals surface area contributed by atoms with Crippen molar-refractivity contribution in [3.63, 3.8) is 0 Å². The highest BCUT2D eigenvalue weighted by atomic mass is 35.5. The van der Waals surface area contributed by atoms with Crippen molar-refractivity contribution < 1.29 is 14.4 Å². The van der Waals surface area contributed by atoms with Crippen molar-refractivity contribution in [2.75, 3.05) is 6.54 Å². The maximum Gasteiger partial charge on any atom is 0.269 e. The molecular weight excluding hydrogens is 323 g/mol. The molecule has 2 N–H and O–H groups in total. The van der Waals surface area contributed by atoms with Gasteiger partial charge in [-0.3, -0.25) is 10.1 Å². The van der Waals surface area contributed by atoms with E-state index < -0.39 is 22.9 Å². The van der Waals surface area contributed by atoms with Crippen molar-refractivity contribution in [1.29, 1.82) is 0 Å². The van der Waals surface area contributed by atoms with E-state index in [0.29, 0.717) is 16.1 Å². The minimum atomic E-state index is -0.956. The van der Waals surface area contributed by atoms with E-state index in [0.717, 1.165) is 0 Å². The van der Waals surface area contributed by atoms with Crippen molar-refractivity contribution in [2.45, 2.75) is 19.1 Å². The molecule has 0 amide bonds. The molecule has 0 aliphatic heterocycles. The fourth-order valence-electron chi connectivity index (χ4n) is 2.28. The first-order valence-electron chi connectivity index (χ1n) is 7.00. The average Bonchev–Trinajstić information content (AvgIpc) is 2.52. The first-order chi connectivity index (χ1) is 10.9. The number of halogens is 2. The number of hydrogen-bond donors (Lipinski definition) is 2. The number of hydrogen-bond acceptors (Lipinski definition) is 4. The predicted octanol–water partition coefficient (Wildman–Crippen LogP) is 3.77. The monoisotopic (exact) mass is 338 g/mol. The van der Waals surface area contributed by atoms with Gasteiger partial charge < -0.3 is 10.4 Å². The van der Waals surface area contributed by atoms with E-state index in [2.05, 4.69) is 5.32 Å². The maximum atomic E-state index is 13.8.